The van der Waals surface area contributed by atoms with Gasteiger partial charge in [-0.2, -0.15) is 5.10 Å². The van der Waals surface area contributed by atoms with E-state index in [1.807, 2.05) is 28.9 Å². The molecule has 2 aromatic heterocycles. The van der Waals surface area contributed by atoms with Crippen LogP contribution in [-0.2, 0) is 6.54 Å². The summed E-state index contributed by atoms with van der Waals surface area (Å²) in [5.74, 6) is 1.67. The molecule has 9 nitrogen and oxygen atoms in total. The van der Waals surface area contributed by atoms with Crippen molar-refractivity contribution in [2.75, 3.05) is 45.2 Å². The zero-order chi connectivity index (χ0) is 23.4. The quantitative estimate of drug-likeness (QED) is 0.461. The van der Waals surface area contributed by atoms with E-state index in [1.54, 1.807) is 26.4 Å². The van der Waals surface area contributed by atoms with E-state index in [-0.39, 0.29) is 0 Å². The first kappa shape index (κ1) is 23.1. The van der Waals surface area contributed by atoms with Gasteiger partial charge in [0, 0.05) is 38.9 Å². The van der Waals surface area contributed by atoms with E-state index in [1.165, 1.54) is 4.90 Å². The molecule has 1 atom stereocenters. The number of rotatable bonds is 9. The van der Waals surface area contributed by atoms with E-state index in [9.17, 15) is 4.79 Å². The molecule has 176 valence electrons. The Hall–Kier alpha value is -3.04. The Morgan fingerprint density at radius 1 is 1.33 bits per heavy atom. The minimum Gasteiger partial charge on any atom is -0.497 e. The van der Waals surface area contributed by atoms with E-state index in [2.05, 4.69) is 15.2 Å². The van der Waals surface area contributed by atoms with Gasteiger partial charge in [0.25, 0.3) is 0 Å². The monoisotopic (exact) mass is 472 g/mol. The van der Waals surface area contributed by atoms with E-state index < -0.39 is 6.09 Å². The first-order chi connectivity index (χ1) is 16.0. The molecule has 3 heterocycles. The SMILES string of the molecule is COc1ccc(Cn2nc(N3CC[C@@H](NCCCN(C)C(=O)O)C3)c3c(Cl)ccnc32)cc1. The maximum atomic E-state index is 10.9. The van der Waals surface area contributed by atoms with Crippen LogP contribution in [0.4, 0.5) is 10.6 Å². The second-order valence-electron chi connectivity index (χ2n) is 8.26. The van der Waals surface area contributed by atoms with Gasteiger partial charge in [-0.3, -0.25) is 0 Å². The summed E-state index contributed by atoms with van der Waals surface area (Å²) in [6, 6.07) is 10.0. The van der Waals surface area contributed by atoms with Crippen LogP contribution in [0.5, 0.6) is 5.75 Å². The van der Waals surface area contributed by atoms with Crippen molar-refractivity contribution in [1.82, 2.24) is 25.0 Å². The van der Waals surface area contributed by atoms with Gasteiger partial charge >= 0.3 is 6.09 Å². The number of hydrogen-bond donors (Lipinski definition) is 2. The van der Waals surface area contributed by atoms with Crippen LogP contribution in [0.1, 0.15) is 18.4 Å². The number of aromatic nitrogens is 3. The summed E-state index contributed by atoms with van der Waals surface area (Å²) in [6.07, 6.45) is 2.57. The van der Waals surface area contributed by atoms with Gasteiger partial charge in [-0.15, -0.1) is 0 Å². The Bertz CT molecular complexity index is 1100. The molecular formula is C23H29ClN6O3. The van der Waals surface area contributed by atoms with Gasteiger partial charge in [0.05, 0.1) is 24.1 Å². The lowest BCUT2D eigenvalue weighted by Gasteiger charge is -2.18. The predicted octanol–water partition coefficient (Wildman–Crippen LogP) is 3.31. The zero-order valence-corrected chi connectivity index (χ0v) is 19.6. The minimum absolute atomic E-state index is 0.317. The third kappa shape index (κ3) is 5.31. The van der Waals surface area contributed by atoms with Gasteiger partial charge in [0.15, 0.2) is 11.5 Å². The Balaban J connectivity index is 1.46. The number of hydrogen-bond acceptors (Lipinski definition) is 6. The van der Waals surface area contributed by atoms with Gasteiger partial charge in [0.1, 0.15) is 5.75 Å². The summed E-state index contributed by atoms with van der Waals surface area (Å²) in [5, 5.41) is 18.9. The molecule has 0 spiro atoms. The summed E-state index contributed by atoms with van der Waals surface area (Å²) in [4.78, 5) is 19.0. The highest BCUT2D eigenvalue weighted by Crippen LogP contribution is 2.33. The molecule has 1 amide bonds. The van der Waals surface area contributed by atoms with Gasteiger partial charge in [0.2, 0.25) is 0 Å². The maximum absolute atomic E-state index is 10.9. The number of pyridine rings is 1. The van der Waals surface area contributed by atoms with Crippen LogP contribution < -0.4 is 15.0 Å². The van der Waals surface area contributed by atoms with Crippen molar-refractivity contribution in [1.29, 1.82) is 0 Å². The molecule has 1 aliphatic rings. The Labute approximate surface area is 197 Å². The van der Waals surface area contributed by atoms with E-state index in [0.29, 0.717) is 24.2 Å². The van der Waals surface area contributed by atoms with Crippen LogP contribution in [0, 0.1) is 0 Å². The number of benzene rings is 1. The molecule has 33 heavy (non-hydrogen) atoms. The second kappa shape index (κ2) is 10.3. The van der Waals surface area contributed by atoms with Crippen molar-refractivity contribution in [3.05, 3.63) is 47.1 Å². The average molecular weight is 473 g/mol. The van der Waals surface area contributed by atoms with Gasteiger partial charge in [-0.25, -0.2) is 14.5 Å². The molecule has 10 heteroatoms. The molecule has 4 rings (SSSR count). The Morgan fingerprint density at radius 3 is 2.85 bits per heavy atom. The van der Waals surface area contributed by atoms with Crippen LogP contribution in [-0.4, -0.2) is 77.2 Å². The largest absolute Gasteiger partial charge is 0.497 e. The average Bonchev–Trinajstić information content (AvgIpc) is 3.42. The van der Waals surface area contributed by atoms with Gasteiger partial charge in [-0.05, 0) is 43.1 Å². The smallest absolute Gasteiger partial charge is 0.407 e. The summed E-state index contributed by atoms with van der Waals surface area (Å²) in [6.45, 7) is 3.55. The van der Waals surface area contributed by atoms with Gasteiger partial charge < -0.3 is 25.0 Å². The lowest BCUT2D eigenvalue weighted by atomic mass is 10.2. The lowest BCUT2D eigenvalue weighted by molar-refractivity contribution is 0.155. The van der Waals surface area contributed by atoms with Crippen molar-refractivity contribution >= 4 is 34.5 Å². The number of nitrogens with zero attached hydrogens (tertiary/aromatic N) is 5. The first-order valence-corrected chi connectivity index (χ1v) is 11.4. The molecule has 1 aromatic carbocycles. The van der Waals surface area contributed by atoms with Crippen LogP contribution in [0.15, 0.2) is 36.5 Å². The number of ether oxygens (including phenoxy) is 1. The maximum Gasteiger partial charge on any atom is 0.407 e. The number of anilines is 1. The van der Waals surface area contributed by atoms with Crippen molar-refractivity contribution in [3.63, 3.8) is 0 Å². The van der Waals surface area contributed by atoms with Crippen LogP contribution in [0.25, 0.3) is 11.0 Å². The minimum atomic E-state index is -0.898. The topological polar surface area (TPSA) is 95.8 Å². The Morgan fingerprint density at radius 2 is 2.12 bits per heavy atom. The number of carboxylic acid groups (broad SMARTS) is 1. The van der Waals surface area contributed by atoms with Crippen molar-refractivity contribution in [3.8, 4) is 5.75 Å². The lowest BCUT2D eigenvalue weighted by Crippen LogP contribution is -2.35. The zero-order valence-electron chi connectivity index (χ0n) is 18.9. The first-order valence-electron chi connectivity index (χ1n) is 11.0. The fraction of sp³-hybridized carbons (Fsp3) is 0.435. The molecule has 2 N–H and O–H groups in total. The molecule has 0 bridgehead atoms. The molecule has 0 radical (unpaired) electrons. The molecule has 1 fully saturated rings. The predicted molar refractivity (Wildman–Crippen MR) is 129 cm³/mol. The van der Waals surface area contributed by atoms with Crippen LogP contribution in [0.3, 0.4) is 0 Å². The van der Waals surface area contributed by atoms with Crippen LogP contribution >= 0.6 is 11.6 Å². The number of halogens is 1. The summed E-state index contributed by atoms with van der Waals surface area (Å²) in [5.41, 5.74) is 1.86. The third-order valence-electron chi connectivity index (χ3n) is 5.97. The number of nitrogens with one attached hydrogen (secondary N) is 1. The molecule has 0 aliphatic carbocycles. The summed E-state index contributed by atoms with van der Waals surface area (Å²) < 4.78 is 7.15. The second-order valence-corrected chi connectivity index (χ2v) is 8.67. The molecular weight excluding hydrogens is 444 g/mol. The van der Waals surface area contributed by atoms with Crippen molar-refractivity contribution < 1.29 is 14.6 Å². The molecule has 1 aliphatic heterocycles. The van der Waals surface area contributed by atoms with Gasteiger partial charge in [-0.1, -0.05) is 23.7 Å². The summed E-state index contributed by atoms with van der Waals surface area (Å²) >= 11 is 6.59. The fourth-order valence-corrected chi connectivity index (χ4v) is 4.34. The number of carbonyl (C=O) groups is 1. The van der Waals surface area contributed by atoms with E-state index >= 15 is 0 Å². The third-order valence-corrected chi connectivity index (χ3v) is 6.29. The summed E-state index contributed by atoms with van der Waals surface area (Å²) in [7, 11) is 3.24. The van der Waals surface area contributed by atoms with Crippen LogP contribution in [0.2, 0.25) is 5.02 Å². The fourth-order valence-electron chi connectivity index (χ4n) is 4.12. The normalized spacial score (nSPS) is 15.8. The van der Waals surface area contributed by atoms with E-state index in [0.717, 1.165) is 60.6 Å². The van der Waals surface area contributed by atoms with Crippen molar-refractivity contribution in [2.45, 2.75) is 25.4 Å². The molecule has 3 aromatic rings. The molecule has 1 saturated heterocycles. The standard InChI is InChI=1S/C23H29ClN6O3/c1-28(23(31)32)12-3-10-25-17-9-13-29(15-17)22-20-19(24)8-11-26-21(20)30(27-22)14-16-4-6-18(33-2)7-5-16/h4-8,11,17,25H,3,9-10,12-15H2,1-2H3,(H,31,32)/t17-/m1/s1. The molecule has 0 saturated carbocycles. The number of fused-ring (bicyclic) bond motifs is 1. The molecule has 0 unspecified atom stereocenters. The Kier molecular flexibility index (Phi) is 7.20. The van der Waals surface area contributed by atoms with E-state index in [4.69, 9.17) is 26.5 Å². The van der Waals surface area contributed by atoms with Crippen molar-refractivity contribution in [2.24, 2.45) is 0 Å². The highest BCUT2D eigenvalue weighted by atomic mass is 35.5. The highest BCUT2D eigenvalue weighted by Gasteiger charge is 2.27. The number of amides is 1. The highest BCUT2D eigenvalue weighted by molar-refractivity contribution is 6.36. The number of methoxy groups -OCH3 is 1.